The monoisotopic (exact) mass is 270 g/mol. The van der Waals surface area contributed by atoms with Crippen LogP contribution in [0.3, 0.4) is 0 Å². The molecule has 4 nitrogen and oxygen atoms in total. The molecular formula is C11H8Cl2N2O2. The standard InChI is InChI=1S/C11H8Cl2N2O2/c12-8-2-1-7(9(13)5-8)6-15-4-3-10(14-15)11(16)17/h1-5H,6H2,(H,16,17). The number of hydrogen-bond acceptors (Lipinski definition) is 2. The minimum absolute atomic E-state index is 0.00934. The zero-order chi connectivity index (χ0) is 12.4. The normalized spacial score (nSPS) is 10.5. The smallest absolute Gasteiger partial charge is 0.356 e. The highest BCUT2D eigenvalue weighted by molar-refractivity contribution is 6.35. The van der Waals surface area contributed by atoms with Gasteiger partial charge in [-0.15, -0.1) is 0 Å². The van der Waals surface area contributed by atoms with Crippen LogP contribution >= 0.6 is 23.2 Å². The van der Waals surface area contributed by atoms with Gasteiger partial charge in [-0.2, -0.15) is 5.10 Å². The second-order valence-electron chi connectivity index (χ2n) is 3.44. The van der Waals surface area contributed by atoms with Gasteiger partial charge in [-0.05, 0) is 23.8 Å². The Hall–Kier alpha value is -1.52. The maximum absolute atomic E-state index is 10.7. The number of aromatic carboxylic acids is 1. The van der Waals surface area contributed by atoms with Crippen LogP contribution in [0.4, 0.5) is 0 Å². The first-order valence-electron chi connectivity index (χ1n) is 4.77. The third kappa shape index (κ3) is 2.78. The quantitative estimate of drug-likeness (QED) is 0.933. The Morgan fingerprint density at radius 2 is 2.12 bits per heavy atom. The summed E-state index contributed by atoms with van der Waals surface area (Å²) in [5.41, 5.74) is 0.839. The van der Waals surface area contributed by atoms with Crippen molar-refractivity contribution in [1.29, 1.82) is 0 Å². The molecule has 17 heavy (non-hydrogen) atoms. The average Bonchev–Trinajstić information content (AvgIpc) is 2.71. The van der Waals surface area contributed by atoms with Crippen molar-refractivity contribution < 1.29 is 9.90 Å². The van der Waals surface area contributed by atoms with Crippen LogP contribution in [0.2, 0.25) is 10.0 Å². The summed E-state index contributed by atoms with van der Waals surface area (Å²) in [6.45, 7) is 0.406. The molecule has 0 saturated heterocycles. The fraction of sp³-hybridized carbons (Fsp3) is 0.0909. The summed E-state index contributed by atoms with van der Waals surface area (Å²) >= 11 is 11.8. The van der Waals surface area contributed by atoms with Gasteiger partial charge in [0.2, 0.25) is 0 Å². The lowest BCUT2D eigenvalue weighted by molar-refractivity contribution is 0.0689. The summed E-state index contributed by atoms with van der Waals surface area (Å²) < 4.78 is 1.51. The van der Waals surface area contributed by atoms with Crippen molar-refractivity contribution in [1.82, 2.24) is 9.78 Å². The van der Waals surface area contributed by atoms with E-state index in [4.69, 9.17) is 28.3 Å². The van der Waals surface area contributed by atoms with Gasteiger partial charge < -0.3 is 5.11 Å². The van der Waals surface area contributed by atoms with Gasteiger partial charge in [0.05, 0.1) is 6.54 Å². The van der Waals surface area contributed by atoms with E-state index in [2.05, 4.69) is 5.10 Å². The van der Waals surface area contributed by atoms with Crippen LogP contribution < -0.4 is 0 Å². The third-order valence-corrected chi connectivity index (χ3v) is 2.79. The maximum atomic E-state index is 10.7. The number of hydrogen-bond donors (Lipinski definition) is 1. The SMILES string of the molecule is O=C(O)c1ccn(Cc2ccc(Cl)cc2Cl)n1. The fourth-order valence-electron chi connectivity index (χ4n) is 1.39. The molecule has 1 aromatic carbocycles. The topological polar surface area (TPSA) is 55.1 Å². The highest BCUT2D eigenvalue weighted by Crippen LogP contribution is 2.21. The molecule has 2 aromatic rings. The predicted octanol–water partition coefficient (Wildman–Crippen LogP) is 2.94. The van der Waals surface area contributed by atoms with E-state index < -0.39 is 5.97 Å². The van der Waals surface area contributed by atoms with E-state index in [0.29, 0.717) is 16.6 Å². The van der Waals surface area contributed by atoms with E-state index >= 15 is 0 Å². The molecule has 88 valence electrons. The second kappa shape index (κ2) is 4.77. The second-order valence-corrected chi connectivity index (χ2v) is 4.28. The van der Waals surface area contributed by atoms with Crippen LogP contribution in [0, 0.1) is 0 Å². The number of carboxylic acids is 1. The molecule has 1 aromatic heterocycles. The summed E-state index contributed by atoms with van der Waals surface area (Å²) in [6.07, 6.45) is 1.59. The molecular weight excluding hydrogens is 263 g/mol. The lowest BCUT2D eigenvalue weighted by atomic mass is 10.2. The number of carbonyl (C=O) groups is 1. The molecule has 0 radical (unpaired) electrons. The molecule has 1 heterocycles. The number of carboxylic acid groups (broad SMARTS) is 1. The van der Waals surface area contributed by atoms with Gasteiger partial charge in [0, 0.05) is 16.2 Å². The Kier molecular flexibility index (Phi) is 3.36. The summed E-state index contributed by atoms with van der Waals surface area (Å²) in [4.78, 5) is 10.7. The Morgan fingerprint density at radius 3 is 2.71 bits per heavy atom. The summed E-state index contributed by atoms with van der Waals surface area (Å²) in [5, 5.41) is 13.7. The van der Waals surface area contributed by atoms with E-state index in [9.17, 15) is 4.79 Å². The lowest BCUT2D eigenvalue weighted by Gasteiger charge is -2.04. The Morgan fingerprint density at radius 1 is 1.35 bits per heavy atom. The molecule has 0 spiro atoms. The third-order valence-electron chi connectivity index (χ3n) is 2.21. The summed E-state index contributed by atoms with van der Waals surface area (Å²) in [7, 11) is 0. The molecule has 0 fully saturated rings. The van der Waals surface area contributed by atoms with Gasteiger partial charge in [-0.3, -0.25) is 4.68 Å². The van der Waals surface area contributed by atoms with Crippen molar-refractivity contribution in [3.05, 3.63) is 51.8 Å². The highest BCUT2D eigenvalue weighted by Gasteiger charge is 2.08. The van der Waals surface area contributed by atoms with Crippen molar-refractivity contribution >= 4 is 29.2 Å². The molecule has 2 rings (SSSR count). The minimum atomic E-state index is -1.05. The molecule has 0 unspecified atom stereocenters. The van der Waals surface area contributed by atoms with Gasteiger partial charge in [-0.1, -0.05) is 29.3 Å². The van der Waals surface area contributed by atoms with Crippen molar-refractivity contribution in [3.8, 4) is 0 Å². The number of aromatic nitrogens is 2. The molecule has 0 saturated carbocycles. The molecule has 0 aliphatic rings. The minimum Gasteiger partial charge on any atom is -0.476 e. The predicted molar refractivity (Wildman–Crippen MR) is 64.8 cm³/mol. The van der Waals surface area contributed by atoms with E-state index in [1.807, 2.05) is 0 Å². The Labute approximate surface area is 107 Å². The first-order valence-corrected chi connectivity index (χ1v) is 5.52. The molecule has 0 atom stereocenters. The molecule has 0 bridgehead atoms. The number of nitrogens with zero attached hydrogens (tertiary/aromatic N) is 2. The van der Waals surface area contributed by atoms with Gasteiger partial charge >= 0.3 is 5.97 Å². The maximum Gasteiger partial charge on any atom is 0.356 e. The van der Waals surface area contributed by atoms with Gasteiger partial charge in [0.1, 0.15) is 0 Å². The van der Waals surface area contributed by atoms with Crippen LogP contribution in [0.1, 0.15) is 16.1 Å². The summed E-state index contributed by atoms with van der Waals surface area (Å²) in [5.74, 6) is -1.05. The van der Waals surface area contributed by atoms with Crippen LogP contribution in [0.5, 0.6) is 0 Å². The summed E-state index contributed by atoms with van der Waals surface area (Å²) in [6, 6.07) is 6.59. The van der Waals surface area contributed by atoms with Gasteiger partial charge in [0.25, 0.3) is 0 Å². The largest absolute Gasteiger partial charge is 0.476 e. The number of rotatable bonds is 3. The molecule has 0 aliphatic carbocycles. The van der Waals surface area contributed by atoms with Crippen LogP contribution in [-0.2, 0) is 6.54 Å². The van der Waals surface area contributed by atoms with Crippen LogP contribution in [-0.4, -0.2) is 20.9 Å². The molecule has 6 heteroatoms. The first kappa shape index (κ1) is 12.0. The van der Waals surface area contributed by atoms with Gasteiger partial charge in [-0.25, -0.2) is 4.79 Å². The fourth-order valence-corrected chi connectivity index (χ4v) is 1.86. The highest BCUT2D eigenvalue weighted by atomic mass is 35.5. The van der Waals surface area contributed by atoms with Crippen molar-refractivity contribution in [2.24, 2.45) is 0 Å². The van der Waals surface area contributed by atoms with Crippen molar-refractivity contribution in [3.63, 3.8) is 0 Å². The molecule has 0 amide bonds. The van der Waals surface area contributed by atoms with E-state index in [0.717, 1.165) is 5.56 Å². The van der Waals surface area contributed by atoms with Crippen molar-refractivity contribution in [2.45, 2.75) is 6.54 Å². The van der Waals surface area contributed by atoms with Crippen LogP contribution in [0.15, 0.2) is 30.5 Å². The number of halogens is 2. The first-order chi connectivity index (χ1) is 8.06. The van der Waals surface area contributed by atoms with Gasteiger partial charge in [0.15, 0.2) is 5.69 Å². The van der Waals surface area contributed by atoms with Crippen molar-refractivity contribution in [2.75, 3.05) is 0 Å². The Bertz CT molecular complexity index is 566. The zero-order valence-corrected chi connectivity index (χ0v) is 10.1. The van der Waals surface area contributed by atoms with E-state index in [1.165, 1.54) is 10.7 Å². The zero-order valence-electron chi connectivity index (χ0n) is 8.60. The molecule has 1 N–H and O–H groups in total. The average molecular weight is 271 g/mol. The number of benzene rings is 1. The lowest BCUT2D eigenvalue weighted by Crippen LogP contribution is -2.04. The van der Waals surface area contributed by atoms with Crippen LogP contribution in [0.25, 0.3) is 0 Å². The van der Waals surface area contributed by atoms with E-state index in [-0.39, 0.29) is 5.69 Å². The van der Waals surface area contributed by atoms with E-state index in [1.54, 1.807) is 24.4 Å². The Balaban J connectivity index is 2.22. The molecule has 0 aliphatic heterocycles.